The van der Waals surface area contributed by atoms with E-state index in [0.29, 0.717) is 5.69 Å². The van der Waals surface area contributed by atoms with Crippen molar-refractivity contribution >= 4 is 6.29 Å². The summed E-state index contributed by atoms with van der Waals surface area (Å²) in [4.78, 5) is 14.9. The van der Waals surface area contributed by atoms with Gasteiger partial charge in [0.1, 0.15) is 17.3 Å². The van der Waals surface area contributed by atoms with E-state index in [0.717, 1.165) is 30.0 Å². The summed E-state index contributed by atoms with van der Waals surface area (Å²) in [6, 6.07) is 5.92. The molecule has 16 heavy (non-hydrogen) atoms. The van der Waals surface area contributed by atoms with Gasteiger partial charge in [-0.25, -0.2) is 4.98 Å². The molecule has 1 aromatic heterocycles. The normalized spacial score (nSPS) is 12.1. The predicted octanol–water partition coefficient (Wildman–Crippen LogP) is 1.73. The summed E-state index contributed by atoms with van der Waals surface area (Å²) in [5.74, 6) is 1.62. The molecule has 1 aliphatic rings. The molecule has 0 saturated carbocycles. The average molecular weight is 214 g/mol. The molecule has 0 fully saturated rings. The van der Waals surface area contributed by atoms with E-state index in [-0.39, 0.29) is 0 Å². The molecule has 1 aliphatic heterocycles. The third-order valence-corrected chi connectivity index (χ3v) is 2.81. The molecule has 1 aromatic carbocycles. The maximum atomic E-state index is 10.7. The molecule has 4 heteroatoms. The van der Waals surface area contributed by atoms with Crippen LogP contribution in [-0.4, -0.2) is 22.9 Å². The van der Waals surface area contributed by atoms with Crippen molar-refractivity contribution in [2.24, 2.45) is 0 Å². The number of carbonyl (C=O) groups is 1. The van der Waals surface area contributed by atoms with Crippen LogP contribution in [0.1, 0.15) is 16.1 Å². The Hall–Kier alpha value is -2.10. The van der Waals surface area contributed by atoms with Crippen molar-refractivity contribution in [3.8, 4) is 17.1 Å². The minimum Gasteiger partial charge on any atom is -0.496 e. The molecule has 0 spiro atoms. The van der Waals surface area contributed by atoms with Crippen molar-refractivity contribution in [3.63, 3.8) is 0 Å². The number of aldehydes is 1. The first-order valence-corrected chi connectivity index (χ1v) is 5.02. The summed E-state index contributed by atoms with van der Waals surface area (Å²) in [5, 5.41) is 0. The second kappa shape index (κ2) is 3.20. The highest BCUT2D eigenvalue weighted by Gasteiger charge is 2.24. The SMILES string of the molecule is COc1cccc2c1-c1nc(C=O)cn1C2. The Balaban J connectivity index is 2.25. The van der Waals surface area contributed by atoms with Crippen molar-refractivity contribution in [2.45, 2.75) is 6.54 Å². The van der Waals surface area contributed by atoms with Gasteiger partial charge < -0.3 is 9.30 Å². The molecule has 4 nitrogen and oxygen atoms in total. The van der Waals surface area contributed by atoms with Crippen LogP contribution in [0.25, 0.3) is 11.4 Å². The van der Waals surface area contributed by atoms with E-state index in [1.165, 1.54) is 5.56 Å². The van der Waals surface area contributed by atoms with E-state index < -0.39 is 0 Å². The van der Waals surface area contributed by atoms with Gasteiger partial charge in [0, 0.05) is 12.7 Å². The Morgan fingerprint density at radius 2 is 2.38 bits per heavy atom. The molecule has 0 atom stereocenters. The van der Waals surface area contributed by atoms with Crippen LogP contribution in [0.5, 0.6) is 5.75 Å². The number of hydrogen-bond acceptors (Lipinski definition) is 3. The molecule has 0 N–H and O–H groups in total. The quantitative estimate of drug-likeness (QED) is 0.610. The van der Waals surface area contributed by atoms with Gasteiger partial charge in [-0.2, -0.15) is 0 Å². The zero-order valence-electron chi connectivity index (χ0n) is 8.80. The highest BCUT2D eigenvalue weighted by atomic mass is 16.5. The number of fused-ring (bicyclic) bond motifs is 3. The lowest BCUT2D eigenvalue weighted by atomic mass is 10.1. The Kier molecular flexibility index (Phi) is 1.83. The van der Waals surface area contributed by atoms with E-state index in [1.54, 1.807) is 13.3 Å². The van der Waals surface area contributed by atoms with Gasteiger partial charge in [-0.3, -0.25) is 4.79 Å². The van der Waals surface area contributed by atoms with Crippen molar-refractivity contribution in [3.05, 3.63) is 35.7 Å². The number of methoxy groups -OCH3 is 1. The Morgan fingerprint density at radius 3 is 3.12 bits per heavy atom. The summed E-state index contributed by atoms with van der Waals surface area (Å²) >= 11 is 0. The first-order valence-electron chi connectivity index (χ1n) is 5.02. The van der Waals surface area contributed by atoms with Crippen LogP contribution < -0.4 is 4.74 Å². The van der Waals surface area contributed by atoms with E-state index in [4.69, 9.17) is 4.74 Å². The number of carbonyl (C=O) groups excluding carboxylic acids is 1. The van der Waals surface area contributed by atoms with Crippen molar-refractivity contribution in [2.75, 3.05) is 7.11 Å². The molecule has 0 unspecified atom stereocenters. The summed E-state index contributed by atoms with van der Waals surface area (Å²) in [6.07, 6.45) is 2.53. The number of ether oxygens (including phenoxy) is 1. The van der Waals surface area contributed by atoms with Crippen LogP contribution >= 0.6 is 0 Å². The summed E-state index contributed by atoms with van der Waals surface area (Å²) in [5.41, 5.74) is 2.64. The number of nitrogens with zero attached hydrogens (tertiary/aromatic N) is 2. The number of rotatable bonds is 2. The van der Waals surface area contributed by atoms with E-state index in [9.17, 15) is 4.79 Å². The highest BCUT2D eigenvalue weighted by molar-refractivity contribution is 5.78. The topological polar surface area (TPSA) is 44.1 Å². The summed E-state index contributed by atoms with van der Waals surface area (Å²) < 4.78 is 7.28. The van der Waals surface area contributed by atoms with Crippen LogP contribution in [0.2, 0.25) is 0 Å². The average Bonchev–Trinajstić information content (AvgIpc) is 2.84. The van der Waals surface area contributed by atoms with E-state index >= 15 is 0 Å². The second-order valence-electron chi connectivity index (χ2n) is 3.73. The molecular weight excluding hydrogens is 204 g/mol. The van der Waals surface area contributed by atoms with Crippen LogP contribution in [0.3, 0.4) is 0 Å². The predicted molar refractivity (Wildman–Crippen MR) is 58.7 cm³/mol. The van der Waals surface area contributed by atoms with Crippen LogP contribution in [0, 0.1) is 0 Å². The van der Waals surface area contributed by atoms with Gasteiger partial charge in [-0.15, -0.1) is 0 Å². The van der Waals surface area contributed by atoms with Crippen molar-refractivity contribution in [1.82, 2.24) is 9.55 Å². The molecule has 2 heterocycles. The lowest BCUT2D eigenvalue weighted by molar-refractivity contribution is 0.111. The minimum absolute atomic E-state index is 0.464. The first kappa shape index (κ1) is 9.15. The molecule has 0 radical (unpaired) electrons. The third-order valence-electron chi connectivity index (χ3n) is 2.81. The fraction of sp³-hybridized carbons (Fsp3) is 0.167. The molecule has 0 amide bonds. The maximum Gasteiger partial charge on any atom is 0.170 e. The number of benzene rings is 1. The molecular formula is C12H10N2O2. The standard InChI is InChI=1S/C12H10N2O2/c1-16-10-4-2-3-8-5-14-6-9(7-15)13-12(14)11(8)10/h2-4,6-7H,5H2,1H3. The van der Waals surface area contributed by atoms with Gasteiger partial charge in [0.15, 0.2) is 6.29 Å². The van der Waals surface area contributed by atoms with Gasteiger partial charge in [-0.05, 0) is 11.6 Å². The van der Waals surface area contributed by atoms with Crippen LogP contribution in [0.4, 0.5) is 0 Å². The molecule has 0 aliphatic carbocycles. The van der Waals surface area contributed by atoms with E-state index in [1.807, 2.05) is 22.8 Å². The first-order chi connectivity index (χ1) is 7.83. The zero-order valence-corrected chi connectivity index (χ0v) is 8.80. The molecule has 3 rings (SSSR count). The molecule has 80 valence electrons. The van der Waals surface area contributed by atoms with Crippen LogP contribution in [0.15, 0.2) is 24.4 Å². The molecule has 0 saturated heterocycles. The van der Waals surface area contributed by atoms with Crippen molar-refractivity contribution < 1.29 is 9.53 Å². The summed E-state index contributed by atoms with van der Waals surface area (Å²) in [6.45, 7) is 0.753. The van der Waals surface area contributed by atoms with Gasteiger partial charge >= 0.3 is 0 Å². The lowest BCUT2D eigenvalue weighted by Crippen LogP contribution is -1.90. The van der Waals surface area contributed by atoms with E-state index in [2.05, 4.69) is 4.98 Å². The number of imidazole rings is 1. The van der Waals surface area contributed by atoms with Gasteiger partial charge in [0.2, 0.25) is 0 Å². The summed E-state index contributed by atoms with van der Waals surface area (Å²) in [7, 11) is 1.64. The Morgan fingerprint density at radius 1 is 1.50 bits per heavy atom. The number of aromatic nitrogens is 2. The lowest BCUT2D eigenvalue weighted by Gasteiger charge is -2.04. The third kappa shape index (κ3) is 1.10. The molecule has 2 aromatic rings. The van der Waals surface area contributed by atoms with Gasteiger partial charge in [-0.1, -0.05) is 12.1 Å². The fourth-order valence-electron chi connectivity index (χ4n) is 2.13. The smallest absolute Gasteiger partial charge is 0.170 e. The maximum absolute atomic E-state index is 10.7. The number of hydrogen-bond donors (Lipinski definition) is 0. The van der Waals surface area contributed by atoms with Gasteiger partial charge in [0.05, 0.1) is 12.7 Å². The second-order valence-corrected chi connectivity index (χ2v) is 3.73. The fourth-order valence-corrected chi connectivity index (χ4v) is 2.13. The van der Waals surface area contributed by atoms with Crippen LogP contribution in [-0.2, 0) is 6.54 Å². The zero-order chi connectivity index (χ0) is 11.1. The Labute approximate surface area is 92.5 Å². The Bertz CT molecular complexity index is 572. The monoisotopic (exact) mass is 214 g/mol. The molecule has 0 bridgehead atoms. The van der Waals surface area contributed by atoms with Gasteiger partial charge in [0.25, 0.3) is 0 Å². The highest BCUT2D eigenvalue weighted by Crippen LogP contribution is 2.37. The van der Waals surface area contributed by atoms with Crippen molar-refractivity contribution in [1.29, 1.82) is 0 Å². The minimum atomic E-state index is 0.464. The largest absolute Gasteiger partial charge is 0.496 e.